The van der Waals surface area contributed by atoms with Gasteiger partial charge in [0.2, 0.25) is 0 Å². The van der Waals surface area contributed by atoms with Gasteiger partial charge in [-0.15, -0.1) is 0 Å². The SMILES string of the molecule is CCOc1cc(C=O)c(Br)c(Br)c1OCC(=O)OC. The Balaban J connectivity index is 3.15. The quantitative estimate of drug-likeness (QED) is 0.547. The number of benzene rings is 1. The first-order chi connectivity index (χ1) is 9.04. The van der Waals surface area contributed by atoms with E-state index in [0.29, 0.717) is 38.9 Å². The Morgan fingerprint density at radius 2 is 2.00 bits per heavy atom. The number of carbonyl (C=O) groups excluding carboxylic acids is 2. The van der Waals surface area contributed by atoms with Gasteiger partial charge in [0.05, 0.1) is 18.2 Å². The summed E-state index contributed by atoms with van der Waals surface area (Å²) in [5, 5.41) is 0. The number of halogens is 2. The minimum atomic E-state index is -0.509. The van der Waals surface area contributed by atoms with Gasteiger partial charge in [-0.3, -0.25) is 4.79 Å². The second-order valence-electron chi connectivity index (χ2n) is 3.34. The second-order valence-corrected chi connectivity index (χ2v) is 4.92. The van der Waals surface area contributed by atoms with Gasteiger partial charge < -0.3 is 14.2 Å². The lowest BCUT2D eigenvalue weighted by Gasteiger charge is -2.15. The third-order valence-corrected chi connectivity index (χ3v) is 4.29. The molecule has 0 amide bonds. The lowest BCUT2D eigenvalue weighted by molar-refractivity contribution is -0.142. The van der Waals surface area contributed by atoms with E-state index in [0.717, 1.165) is 0 Å². The molecule has 0 N–H and O–H groups in total. The molecule has 1 rings (SSSR count). The summed E-state index contributed by atoms with van der Waals surface area (Å²) in [5.41, 5.74) is 0.417. The van der Waals surface area contributed by atoms with Crippen molar-refractivity contribution in [1.82, 2.24) is 0 Å². The van der Waals surface area contributed by atoms with E-state index in [1.165, 1.54) is 13.2 Å². The molecule has 0 unspecified atom stereocenters. The molecule has 0 aliphatic heterocycles. The maximum Gasteiger partial charge on any atom is 0.343 e. The highest BCUT2D eigenvalue weighted by Gasteiger charge is 2.18. The van der Waals surface area contributed by atoms with Crippen LogP contribution in [0.2, 0.25) is 0 Å². The van der Waals surface area contributed by atoms with Crippen molar-refractivity contribution in [1.29, 1.82) is 0 Å². The summed E-state index contributed by atoms with van der Waals surface area (Å²) >= 11 is 6.57. The molecule has 0 saturated heterocycles. The molecule has 0 heterocycles. The Morgan fingerprint density at radius 1 is 1.32 bits per heavy atom. The van der Waals surface area contributed by atoms with E-state index in [9.17, 15) is 9.59 Å². The van der Waals surface area contributed by atoms with Gasteiger partial charge in [0.25, 0.3) is 0 Å². The number of methoxy groups -OCH3 is 1. The van der Waals surface area contributed by atoms with Gasteiger partial charge in [-0.05, 0) is 44.8 Å². The van der Waals surface area contributed by atoms with Crippen molar-refractivity contribution >= 4 is 44.1 Å². The normalized spacial score (nSPS) is 9.89. The molecular weight excluding hydrogens is 384 g/mol. The average Bonchev–Trinajstić information content (AvgIpc) is 2.42. The molecule has 0 spiro atoms. The van der Waals surface area contributed by atoms with Crippen molar-refractivity contribution in [2.24, 2.45) is 0 Å². The first-order valence-corrected chi connectivity index (χ1v) is 6.93. The number of hydrogen-bond donors (Lipinski definition) is 0. The van der Waals surface area contributed by atoms with Crippen LogP contribution in [0.4, 0.5) is 0 Å². The molecule has 0 atom stereocenters. The van der Waals surface area contributed by atoms with Crippen molar-refractivity contribution in [2.45, 2.75) is 6.92 Å². The minimum absolute atomic E-state index is 0.248. The van der Waals surface area contributed by atoms with Crippen LogP contribution in [-0.2, 0) is 9.53 Å². The van der Waals surface area contributed by atoms with Crippen LogP contribution >= 0.6 is 31.9 Å². The summed E-state index contributed by atoms with van der Waals surface area (Å²) < 4.78 is 16.3. The molecule has 0 aliphatic rings. The fraction of sp³-hybridized carbons (Fsp3) is 0.333. The lowest BCUT2D eigenvalue weighted by Crippen LogP contribution is -2.13. The number of aldehydes is 1. The van der Waals surface area contributed by atoms with E-state index in [4.69, 9.17) is 9.47 Å². The number of carbonyl (C=O) groups is 2. The van der Waals surface area contributed by atoms with Gasteiger partial charge in [-0.2, -0.15) is 0 Å². The Hall–Kier alpha value is -1.08. The number of esters is 1. The van der Waals surface area contributed by atoms with Crippen molar-refractivity contribution in [3.8, 4) is 11.5 Å². The van der Waals surface area contributed by atoms with Gasteiger partial charge in [-0.25, -0.2) is 4.79 Å². The summed E-state index contributed by atoms with van der Waals surface area (Å²) in [6.45, 7) is 1.96. The molecule has 1 aromatic rings. The molecular formula is C12H12Br2O5. The summed E-state index contributed by atoms with van der Waals surface area (Å²) in [6.07, 6.45) is 0.696. The second kappa shape index (κ2) is 7.49. The number of ether oxygens (including phenoxy) is 3. The average molecular weight is 396 g/mol. The van der Waals surface area contributed by atoms with Gasteiger partial charge in [-0.1, -0.05) is 0 Å². The summed E-state index contributed by atoms with van der Waals surface area (Å²) in [7, 11) is 1.27. The Bertz CT molecular complexity index is 487. The fourth-order valence-electron chi connectivity index (χ4n) is 1.28. The van der Waals surface area contributed by atoms with Crippen molar-refractivity contribution in [3.63, 3.8) is 0 Å². The molecule has 0 radical (unpaired) electrons. The molecule has 7 heteroatoms. The monoisotopic (exact) mass is 394 g/mol. The zero-order valence-corrected chi connectivity index (χ0v) is 13.5. The summed E-state index contributed by atoms with van der Waals surface area (Å²) in [6, 6.07) is 1.54. The van der Waals surface area contributed by atoms with E-state index >= 15 is 0 Å². The van der Waals surface area contributed by atoms with E-state index in [2.05, 4.69) is 36.6 Å². The van der Waals surface area contributed by atoms with E-state index in [1.807, 2.05) is 0 Å². The van der Waals surface area contributed by atoms with Gasteiger partial charge >= 0.3 is 5.97 Å². The number of hydrogen-bond acceptors (Lipinski definition) is 5. The van der Waals surface area contributed by atoms with Crippen LogP contribution in [0.1, 0.15) is 17.3 Å². The minimum Gasteiger partial charge on any atom is -0.490 e. The van der Waals surface area contributed by atoms with Gasteiger partial charge in [0.15, 0.2) is 24.4 Å². The van der Waals surface area contributed by atoms with E-state index in [1.54, 1.807) is 6.92 Å². The maximum absolute atomic E-state index is 11.1. The molecule has 0 bridgehead atoms. The first-order valence-electron chi connectivity index (χ1n) is 5.34. The molecule has 0 fully saturated rings. The van der Waals surface area contributed by atoms with Crippen molar-refractivity contribution in [3.05, 3.63) is 20.6 Å². The van der Waals surface area contributed by atoms with Crippen LogP contribution in [0.3, 0.4) is 0 Å². The van der Waals surface area contributed by atoms with Crippen LogP contribution in [0.15, 0.2) is 15.0 Å². The molecule has 104 valence electrons. The van der Waals surface area contributed by atoms with Gasteiger partial charge in [0.1, 0.15) is 0 Å². The maximum atomic E-state index is 11.1. The fourth-order valence-corrected chi connectivity index (χ4v) is 2.20. The zero-order chi connectivity index (χ0) is 14.4. The van der Waals surface area contributed by atoms with Crippen LogP contribution in [-0.4, -0.2) is 32.6 Å². The van der Waals surface area contributed by atoms with Gasteiger partial charge in [0, 0.05) is 10.0 Å². The predicted molar refractivity (Wildman–Crippen MR) is 75.9 cm³/mol. The standard InChI is InChI=1S/C12H12Br2O5/c1-3-18-8-4-7(5-15)10(13)11(14)12(8)19-6-9(16)17-2/h4-5H,3,6H2,1-2H3. The lowest BCUT2D eigenvalue weighted by atomic mass is 10.2. The molecule has 0 aliphatic carbocycles. The van der Waals surface area contributed by atoms with E-state index in [-0.39, 0.29) is 6.61 Å². The number of rotatable bonds is 6. The highest BCUT2D eigenvalue weighted by Crippen LogP contribution is 2.42. The van der Waals surface area contributed by atoms with E-state index < -0.39 is 5.97 Å². The summed E-state index contributed by atoms with van der Waals surface area (Å²) in [5.74, 6) is 0.207. The predicted octanol–water partition coefficient (Wildman–Crippen LogP) is 2.97. The van der Waals surface area contributed by atoms with Crippen molar-refractivity contribution in [2.75, 3.05) is 20.3 Å². The van der Waals surface area contributed by atoms with Crippen LogP contribution in [0.25, 0.3) is 0 Å². The summed E-state index contributed by atoms with van der Waals surface area (Å²) in [4.78, 5) is 22.0. The Kier molecular flexibility index (Phi) is 6.30. The molecule has 19 heavy (non-hydrogen) atoms. The molecule has 0 saturated carbocycles. The smallest absolute Gasteiger partial charge is 0.343 e. The first kappa shape index (κ1) is 16.0. The van der Waals surface area contributed by atoms with Crippen LogP contribution < -0.4 is 9.47 Å². The Labute approximate surface area is 127 Å². The van der Waals surface area contributed by atoms with Crippen molar-refractivity contribution < 1.29 is 23.8 Å². The highest BCUT2D eigenvalue weighted by atomic mass is 79.9. The third-order valence-electron chi connectivity index (χ3n) is 2.14. The topological polar surface area (TPSA) is 61.8 Å². The molecule has 5 nitrogen and oxygen atoms in total. The van der Waals surface area contributed by atoms with Crippen LogP contribution in [0.5, 0.6) is 11.5 Å². The molecule has 0 aromatic heterocycles. The highest BCUT2D eigenvalue weighted by molar-refractivity contribution is 9.13. The zero-order valence-electron chi connectivity index (χ0n) is 10.4. The Morgan fingerprint density at radius 3 is 2.53 bits per heavy atom. The van der Waals surface area contributed by atoms with Crippen LogP contribution in [0, 0.1) is 0 Å². The third kappa shape index (κ3) is 3.94. The molecule has 1 aromatic carbocycles. The largest absolute Gasteiger partial charge is 0.490 e.